The highest BCUT2D eigenvalue weighted by molar-refractivity contribution is 7.98. The van der Waals surface area contributed by atoms with Gasteiger partial charge in [-0.2, -0.15) is 10.5 Å². The molecule has 9 heteroatoms. The molecule has 0 saturated carbocycles. The average molecular weight is 521 g/mol. The van der Waals surface area contributed by atoms with Crippen LogP contribution >= 0.6 is 11.8 Å². The van der Waals surface area contributed by atoms with E-state index in [1.54, 1.807) is 0 Å². The lowest BCUT2D eigenvalue weighted by atomic mass is 10.0. The summed E-state index contributed by atoms with van der Waals surface area (Å²) >= 11 is 1.52. The van der Waals surface area contributed by atoms with Crippen LogP contribution in [0.5, 0.6) is 0 Å². The van der Waals surface area contributed by atoms with E-state index < -0.39 is 11.7 Å². The minimum atomic E-state index is -0.534. The molecule has 0 aliphatic carbocycles. The number of aromatic nitrogens is 1. The number of rotatable bonds is 7. The highest BCUT2D eigenvalue weighted by Gasteiger charge is 2.24. The van der Waals surface area contributed by atoms with Crippen molar-refractivity contribution in [3.8, 4) is 12.1 Å². The van der Waals surface area contributed by atoms with Crippen LogP contribution in [0.4, 0.5) is 10.6 Å². The molecule has 0 bridgehead atoms. The Balaban J connectivity index is 1.76. The number of pyridine rings is 1. The first-order valence-electron chi connectivity index (χ1n) is 12.6. The first-order valence-corrected chi connectivity index (χ1v) is 13.6. The topological polar surface area (TPSA) is 105 Å². The molecule has 196 valence electrons. The summed E-state index contributed by atoms with van der Waals surface area (Å²) in [6.45, 7) is 11.4. The Morgan fingerprint density at radius 1 is 1.08 bits per heavy atom. The Labute approximate surface area is 224 Å². The maximum absolute atomic E-state index is 11.9. The smallest absolute Gasteiger partial charge is 0.407 e. The highest BCUT2D eigenvalue weighted by Crippen LogP contribution is 2.33. The number of thioether (sulfide) groups is 1. The second-order valence-electron chi connectivity index (χ2n) is 10.2. The first kappa shape index (κ1) is 28.3. The molecule has 8 nitrogen and oxygen atoms in total. The Hall–Kier alpha value is -3.27. The molecular formula is C28H36N6O2S. The van der Waals surface area contributed by atoms with Gasteiger partial charge in [-0.25, -0.2) is 9.78 Å². The van der Waals surface area contributed by atoms with Crippen LogP contribution in [0, 0.1) is 22.7 Å². The molecule has 0 atom stereocenters. The Morgan fingerprint density at radius 3 is 2.38 bits per heavy atom. The number of nitrogens with zero attached hydrogens (tertiary/aromatic N) is 5. The normalized spacial score (nSPS) is 14.4. The molecule has 1 aliphatic heterocycles. The van der Waals surface area contributed by atoms with Crippen molar-refractivity contribution in [1.29, 1.82) is 10.5 Å². The monoisotopic (exact) mass is 520 g/mol. The van der Waals surface area contributed by atoms with E-state index >= 15 is 0 Å². The number of nitriles is 2. The van der Waals surface area contributed by atoms with Gasteiger partial charge in [0.2, 0.25) is 0 Å². The van der Waals surface area contributed by atoms with Gasteiger partial charge in [0, 0.05) is 31.9 Å². The summed E-state index contributed by atoms with van der Waals surface area (Å²) in [6.07, 6.45) is 1.16. The molecular weight excluding hydrogens is 484 g/mol. The predicted molar refractivity (Wildman–Crippen MR) is 146 cm³/mol. The van der Waals surface area contributed by atoms with E-state index in [9.17, 15) is 15.3 Å². The van der Waals surface area contributed by atoms with Crippen LogP contribution in [-0.2, 0) is 23.5 Å². The summed E-state index contributed by atoms with van der Waals surface area (Å²) in [5.41, 5.74) is 3.31. The summed E-state index contributed by atoms with van der Waals surface area (Å²) < 4.78 is 5.28. The fourth-order valence-electron chi connectivity index (χ4n) is 4.17. The number of amides is 1. The third-order valence-corrected chi connectivity index (χ3v) is 7.13. The fraction of sp³-hybridized carbons (Fsp3) is 0.500. The number of carbonyl (C=O) groups excluding carboxylic acids is 1. The van der Waals surface area contributed by atoms with Crippen LogP contribution in [0.25, 0.3) is 0 Å². The average Bonchev–Trinajstić information content (AvgIpc) is 3.08. The van der Waals surface area contributed by atoms with Crippen molar-refractivity contribution in [3.05, 3.63) is 52.1 Å². The van der Waals surface area contributed by atoms with Gasteiger partial charge in [-0.05, 0) is 63.9 Å². The van der Waals surface area contributed by atoms with Gasteiger partial charge in [-0.1, -0.05) is 31.2 Å². The Kier molecular flexibility index (Phi) is 9.79. The zero-order valence-electron chi connectivity index (χ0n) is 22.4. The molecule has 1 fully saturated rings. The van der Waals surface area contributed by atoms with Gasteiger partial charge < -0.3 is 19.9 Å². The molecule has 1 N–H and O–H groups in total. The number of anilines is 1. The number of ether oxygens (including phenoxy) is 1. The molecule has 1 aliphatic rings. The Bertz CT molecular complexity index is 1180. The number of alkyl carbamates (subject to hydrolysis) is 1. The van der Waals surface area contributed by atoms with Crippen LogP contribution in [0.15, 0.2) is 29.3 Å². The molecule has 1 aromatic carbocycles. The van der Waals surface area contributed by atoms with Gasteiger partial charge >= 0.3 is 6.09 Å². The van der Waals surface area contributed by atoms with Gasteiger partial charge in [0.25, 0.3) is 0 Å². The Morgan fingerprint density at radius 2 is 1.76 bits per heavy atom. The quantitative estimate of drug-likeness (QED) is 0.517. The van der Waals surface area contributed by atoms with Crippen LogP contribution in [0.3, 0.4) is 0 Å². The number of benzene rings is 1. The third kappa shape index (κ3) is 7.85. The van der Waals surface area contributed by atoms with Gasteiger partial charge in [0.05, 0.1) is 11.1 Å². The minimum Gasteiger partial charge on any atom is -0.444 e. The molecule has 1 amide bonds. The van der Waals surface area contributed by atoms with E-state index in [-0.39, 0.29) is 0 Å². The number of nitrogens with one attached hydrogen (secondary N) is 1. The largest absolute Gasteiger partial charge is 0.444 e. The van der Waals surface area contributed by atoms with Gasteiger partial charge in [-0.3, -0.25) is 0 Å². The van der Waals surface area contributed by atoms with Crippen LogP contribution in [0.1, 0.15) is 61.9 Å². The minimum absolute atomic E-state index is 0.381. The summed E-state index contributed by atoms with van der Waals surface area (Å²) in [6, 6.07) is 12.6. The van der Waals surface area contributed by atoms with Crippen molar-refractivity contribution in [2.24, 2.45) is 0 Å². The lowest BCUT2D eigenvalue weighted by Crippen LogP contribution is -2.32. The van der Waals surface area contributed by atoms with Crippen LogP contribution in [0.2, 0.25) is 0 Å². The van der Waals surface area contributed by atoms with E-state index in [0.29, 0.717) is 40.7 Å². The van der Waals surface area contributed by atoms with E-state index in [2.05, 4.69) is 34.3 Å². The maximum atomic E-state index is 11.9. The lowest BCUT2D eigenvalue weighted by molar-refractivity contribution is 0.0523. The number of hydrogen-bond donors (Lipinski definition) is 1. The molecule has 0 unspecified atom stereocenters. The SMILES string of the molecule is CCc1c(C#N)c(SCc2ccc(CNC(=O)OC(C)(C)C)cc2)nc(N2CCCN(C)CC2)c1C#N. The van der Waals surface area contributed by atoms with Gasteiger partial charge in [0.1, 0.15) is 28.6 Å². The second kappa shape index (κ2) is 12.8. The van der Waals surface area contributed by atoms with Crippen molar-refractivity contribution in [3.63, 3.8) is 0 Å². The van der Waals surface area contributed by atoms with Crippen molar-refractivity contribution >= 4 is 23.7 Å². The first-order chi connectivity index (χ1) is 17.6. The van der Waals surface area contributed by atoms with Crippen molar-refractivity contribution in [2.75, 3.05) is 38.1 Å². The van der Waals surface area contributed by atoms with Crippen molar-refractivity contribution in [1.82, 2.24) is 15.2 Å². The van der Waals surface area contributed by atoms with Crippen LogP contribution in [-0.4, -0.2) is 54.8 Å². The van der Waals surface area contributed by atoms with E-state index in [0.717, 1.165) is 49.3 Å². The van der Waals surface area contributed by atoms with E-state index in [4.69, 9.17) is 9.72 Å². The molecule has 1 aromatic heterocycles. The third-order valence-electron chi connectivity index (χ3n) is 6.08. The molecule has 37 heavy (non-hydrogen) atoms. The molecule has 0 spiro atoms. The predicted octanol–water partition coefficient (Wildman–Crippen LogP) is 4.85. The second-order valence-corrected chi connectivity index (χ2v) is 11.1. The van der Waals surface area contributed by atoms with Gasteiger partial charge in [0.15, 0.2) is 0 Å². The summed E-state index contributed by atoms with van der Waals surface area (Å²) in [4.78, 5) is 21.3. The standard InChI is InChI=1S/C28H36N6O2S/c1-6-22-23(16-29)25(34-13-7-12-33(5)14-15-34)32-26(24(22)17-30)37-19-21-10-8-20(9-11-21)18-31-27(35)36-28(2,3)4/h8-11H,6-7,12-15,18-19H2,1-5H3,(H,31,35). The summed E-state index contributed by atoms with van der Waals surface area (Å²) in [7, 11) is 2.11. The zero-order valence-corrected chi connectivity index (χ0v) is 23.2. The lowest BCUT2D eigenvalue weighted by Gasteiger charge is -2.25. The molecule has 0 radical (unpaired) electrons. The number of likely N-dealkylation sites (N-methyl/N-ethyl adjacent to an activating group) is 1. The highest BCUT2D eigenvalue weighted by atomic mass is 32.2. The van der Waals surface area contributed by atoms with Crippen LogP contribution < -0.4 is 10.2 Å². The van der Waals surface area contributed by atoms with E-state index in [1.165, 1.54) is 11.8 Å². The van der Waals surface area contributed by atoms with Crippen molar-refractivity contribution in [2.45, 2.75) is 63.5 Å². The summed E-state index contributed by atoms with van der Waals surface area (Å²) in [5, 5.41) is 23.4. The molecule has 2 aromatic rings. The number of hydrogen-bond acceptors (Lipinski definition) is 8. The maximum Gasteiger partial charge on any atom is 0.407 e. The van der Waals surface area contributed by atoms with Gasteiger partial charge in [-0.15, -0.1) is 11.8 Å². The summed E-state index contributed by atoms with van der Waals surface area (Å²) in [5.74, 6) is 1.33. The number of carbonyl (C=O) groups is 1. The fourth-order valence-corrected chi connectivity index (χ4v) is 5.13. The molecule has 2 heterocycles. The van der Waals surface area contributed by atoms with Crippen molar-refractivity contribution < 1.29 is 9.53 Å². The molecule has 3 rings (SSSR count). The zero-order chi connectivity index (χ0) is 27.0. The molecule has 1 saturated heterocycles. The van der Waals surface area contributed by atoms with E-state index in [1.807, 2.05) is 52.0 Å².